The fraction of sp³-hybridized carbons (Fsp3) is 0.316. The Morgan fingerprint density at radius 3 is 2.50 bits per heavy atom. The lowest BCUT2D eigenvalue weighted by Gasteiger charge is -2.35. The lowest BCUT2D eigenvalue weighted by atomic mass is 9.82. The second-order valence-corrected chi connectivity index (χ2v) is 6.65. The van der Waals surface area contributed by atoms with Gasteiger partial charge in [-0.2, -0.15) is 0 Å². The first kappa shape index (κ1) is 16.1. The van der Waals surface area contributed by atoms with Gasteiger partial charge in [0.1, 0.15) is 11.5 Å². The van der Waals surface area contributed by atoms with Gasteiger partial charge in [0, 0.05) is 18.5 Å². The Labute approximate surface area is 140 Å². The Balaban J connectivity index is 1.72. The molecule has 0 spiro atoms. The molecule has 1 aliphatic heterocycles. The van der Waals surface area contributed by atoms with Crippen LogP contribution in [0, 0.1) is 23.1 Å². The van der Waals surface area contributed by atoms with Crippen molar-refractivity contribution >= 4 is 11.7 Å². The summed E-state index contributed by atoms with van der Waals surface area (Å²) < 4.78 is 12.8. The standard InChI is InChI=1S/C19H18FN3O/c1-19(2)9-10-23(18(24)11-19)17-13-21-16(12-22-17)8-5-14-3-6-15(20)7-4-14/h3-4,6-7,12-13H,9-11H2,1-2H3. The van der Waals surface area contributed by atoms with Crippen LogP contribution in [0.25, 0.3) is 0 Å². The molecular weight excluding hydrogens is 305 g/mol. The number of anilines is 1. The summed E-state index contributed by atoms with van der Waals surface area (Å²) in [6, 6.07) is 5.95. The van der Waals surface area contributed by atoms with Crippen molar-refractivity contribution in [2.45, 2.75) is 26.7 Å². The highest BCUT2D eigenvalue weighted by Crippen LogP contribution is 2.32. The van der Waals surface area contributed by atoms with E-state index in [0.29, 0.717) is 30.0 Å². The minimum Gasteiger partial charge on any atom is -0.296 e. The maximum atomic E-state index is 12.8. The molecule has 5 heteroatoms. The zero-order valence-corrected chi connectivity index (χ0v) is 13.7. The molecule has 0 aliphatic carbocycles. The SMILES string of the molecule is CC1(C)CCN(c2cnc(C#Cc3ccc(F)cc3)cn2)C(=O)C1. The zero-order chi connectivity index (χ0) is 17.2. The highest BCUT2D eigenvalue weighted by molar-refractivity contribution is 5.93. The number of nitrogens with zero attached hydrogens (tertiary/aromatic N) is 3. The number of carbonyl (C=O) groups is 1. The minimum atomic E-state index is -0.293. The van der Waals surface area contributed by atoms with E-state index in [1.807, 2.05) is 0 Å². The van der Waals surface area contributed by atoms with E-state index in [2.05, 4.69) is 35.7 Å². The number of benzene rings is 1. The maximum Gasteiger partial charge on any atom is 0.228 e. The third-order valence-electron chi connectivity index (χ3n) is 4.04. The molecule has 0 saturated carbocycles. The summed E-state index contributed by atoms with van der Waals surface area (Å²) in [5, 5.41) is 0. The molecule has 4 nitrogen and oxygen atoms in total. The highest BCUT2D eigenvalue weighted by Gasteiger charge is 2.32. The predicted molar refractivity (Wildman–Crippen MR) is 89.8 cm³/mol. The van der Waals surface area contributed by atoms with Gasteiger partial charge in [0.25, 0.3) is 0 Å². The van der Waals surface area contributed by atoms with E-state index in [4.69, 9.17) is 0 Å². The van der Waals surface area contributed by atoms with Gasteiger partial charge >= 0.3 is 0 Å². The molecule has 3 rings (SSSR count). The van der Waals surface area contributed by atoms with Crippen LogP contribution in [0.2, 0.25) is 0 Å². The zero-order valence-electron chi connectivity index (χ0n) is 13.7. The number of hydrogen-bond acceptors (Lipinski definition) is 3. The van der Waals surface area contributed by atoms with Crippen molar-refractivity contribution in [1.29, 1.82) is 0 Å². The second-order valence-electron chi connectivity index (χ2n) is 6.65. The van der Waals surface area contributed by atoms with Gasteiger partial charge in [-0.3, -0.25) is 9.69 Å². The lowest BCUT2D eigenvalue weighted by molar-refractivity contribution is -0.122. The summed E-state index contributed by atoms with van der Waals surface area (Å²) in [5.74, 6) is 6.13. The molecular formula is C19H18FN3O. The van der Waals surface area contributed by atoms with Gasteiger partial charge < -0.3 is 0 Å². The number of amides is 1. The predicted octanol–water partition coefficient (Wildman–Crippen LogP) is 3.17. The molecule has 1 amide bonds. The molecule has 0 radical (unpaired) electrons. The van der Waals surface area contributed by atoms with E-state index in [0.717, 1.165) is 6.42 Å². The van der Waals surface area contributed by atoms with Crippen molar-refractivity contribution in [3.8, 4) is 11.8 Å². The first-order valence-electron chi connectivity index (χ1n) is 7.83. The first-order chi connectivity index (χ1) is 11.4. The Bertz CT molecular complexity index is 801. The van der Waals surface area contributed by atoms with Crippen molar-refractivity contribution in [2.24, 2.45) is 5.41 Å². The van der Waals surface area contributed by atoms with Crippen LogP contribution in [0.5, 0.6) is 0 Å². The summed E-state index contributed by atoms with van der Waals surface area (Å²) in [6.07, 6.45) is 4.58. The molecule has 1 aliphatic rings. The Morgan fingerprint density at radius 1 is 1.12 bits per heavy atom. The van der Waals surface area contributed by atoms with Gasteiger partial charge in [-0.15, -0.1) is 0 Å². The monoisotopic (exact) mass is 323 g/mol. The number of carbonyl (C=O) groups excluding carboxylic acids is 1. The van der Waals surface area contributed by atoms with Crippen LogP contribution >= 0.6 is 0 Å². The van der Waals surface area contributed by atoms with E-state index in [-0.39, 0.29) is 17.1 Å². The summed E-state index contributed by atoms with van der Waals surface area (Å²) in [6.45, 7) is 4.85. The topological polar surface area (TPSA) is 46.1 Å². The van der Waals surface area contributed by atoms with E-state index in [1.165, 1.54) is 12.1 Å². The second kappa shape index (κ2) is 6.40. The molecule has 122 valence electrons. The van der Waals surface area contributed by atoms with Crippen LogP contribution in [0.1, 0.15) is 37.9 Å². The van der Waals surface area contributed by atoms with Gasteiger partial charge in [0.2, 0.25) is 5.91 Å². The van der Waals surface area contributed by atoms with E-state index >= 15 is 0 Å². The number of aromatic nitrogens is 2. The molecule has 1 aromatic carbocycles. The van der Waals surface area contributed by atoms with E-state index in [9.17, 15) is 9.18 Å². The highest BCUT2D eigenvalue weighted by atomic mass is 19.1. The molecule has 2 aromatic rings. The minimum absolute atomic E-state index is 0.0432. The number of piperidine rings is 1. The molecule has 0 atom stereocenters. The fourth-order valence-electron chi connectivity index (χ4n) is 2.57. The molecule has 1 aromatic heterocycles. The molecule has 2 heterocycles. The quantitative estimate of drug-likeness (QED) is 0.757. The van der Waals surface area contributed by atoms with Crippen LogP contribution in [-0.4, -0.2) is 22.4 Å². The number of hydrogen-bond donors (Lipinski definition) is 0. The largest absolute Gasteiger partial charge is 0.296 e. The molecule has 24 heavy (non-hydrogen) atoms. The van der Waals surface area contributed by atoms with Crippen LogP contribution in [-0.2, 0) is 4.79 Å². The van der Waals surface area contributed by atoms with Gasteiger partial charge in [-0.05, 0) is 42.0 Å². The molecule has 1 saturated heterocycles. The van der Waals surface area contributed by atoms with Gasteiger partial charge in [-0.1, -0.05) is 19.8 Å². The first-order valence-corrected chi connectivity index (χ1v) is 7.83. The van der Waals surface area contributed by atoms with Crippen LogP contribution < -0.4 is 4.90 Å². The van der Waals surface area contributed by atoms with Crippen molar-refractivity contribution < 1.29 is 9.18 Å². The van der Waals surface area contributed by atoms with Crippen LogP contribution in [0.4, 0.5) is 10.2 Å². The van der Waals surface area contributed by atoms with Crippen molar-refractivity contribution in [3.63, 3.8) is 0 Å². The van der Waals surface area contributed by atoms with Crippen molar-refractivity contribution in [1.82, 2.24) is 9.97 Å². The van der Waals surface area contributed by atoms with Gasteiger partial charge in [0.15, 0.2) is 5.82 Å². The summed E-state index contributed by atoms with van der Waals surface area (Å²) in [4.78, 5) is 22.5. The van der Waals surface area contributed by atoms with Crippen LogP contribution in [0.3, 0.4) is 0 Å². The third kappa shape index (κ3) is 3.77. The Morgan fingerprint density at radius 2 is 1.88 bits per heavy atom. The average molecular weight is 323 g/mol. The average Bonchev–Trinajstić information content (AvgIpc) is 2.54. The Hall–Kier alpha value is -2.74. The Kier molecular flexibility index (Phi) is 4.30. The number of halogens is 1. The lowest BCUT2D eigenvalue weighted by Crippen LogP contribution is -2.42. The third-order valence-corrected chi connectivity index (χ3v) is 4.04. The van der Waals surface area contributed by atoms with Gasteiger partial charge in [0.05, 0.1) is 12.4 Å². The molecule has 0 unspecified atom stereocenters. The molecule has 0 N–H and O–H groups in total. The van der Waals surface area contributed by atoms with Crippen molar-refractivity contribution in [3.05, 3.63) is 53.7 Å². The summed E-state index contributed by atoms with van der Waals surface area (Å²) >= 11 is 0. The normalized spacial score (nSPS) is 16.5. The fourth-order valence-corrected chi connectivity index (χ4v) is 2.57. The van der Waals surface area contributed by atoms with Crippen LogP contribution in [0.15, 0.2) is 36.7 Å². The summed E-state index contributed by atoms with van der Waals surface area (Å²) in [7, 11) is 0. The molecule has 1 fully saturated rings. The smallest absolute Gasteiger partial charge is 0.228 e. The van der Waals surface area contributed by atoms with Gasteiger partial charge in [-0.25, -0.2) is 14.4 Å². The number of rotatable bonds is 1. The summed E-state index contributed by atoms with van der Waals surface area (Å²) in [5.41, 5.74) is 1.25. The van der Waals surface area contributed by atoms with E-state index < -0.39 is 0 Å². The maximum absolute atomic E-state index is 12.8. The van der Waals surface area contributed by atoms with E-state index in [1.54, 1.807) is 29.4 Å². The molecule has 0 bridgehead atoms. The van der Waals surface area contributed by atoms with Crippen molar-refractivity contribution in [2.75, 3.05) is 11.4 Å².